The predicted octanol–water partition coefficient (Wildman–Crippen LogP) is 1.08. The molecule has 1 unspecified atom stereocenters. The molecule has 0 spiro atoms. The average molecular weight is 365 g/mol. The second-order valence-electron chi connectivity index (χ2n) is 6.81. The molecule has 1 aromatic rings. The second kappa shape index (κ2) is 7.85. The zero-order valence-corrected chi connectivity index (χ0v) is 15.6. The first-order valence-corrected chi connectivity index (χ1v) is 10.5. The second-order valence-corrected chi connectivity index (χ2v) is 8.75. The van der Waals surface area contributed by atoms with Crippen LogP contribution in [0.2, 0.25) is 0 Å². The Bertz CT molecular complexity index is 689. The summed E-state index contributed by atoms with van der Waals surface area (Å²) in [6, 6.07) is 7.18. The van der Waals surface area contributed by atoms with Gasteiger partial charge in [0.1, 0.15) is 0 Å². The van der Waals surface area contributed by atoms with Gasteiger partial charge in [-0.15, -0.1) is 0 Å². The summed E-state index contributed by atoms with van der Waals surface area (Å²) < 4.78 is 27.1. The monoisotopic (exact) mass is 365 g/mol. The Kier molecular flexibility index (Phi) is 5.76. The Morgan fingerprint density at radius 2 is 1.84 bits per heavy atom. The van der Waals surface area contributed by atoms with Gasteiger partial charge in [-0.25, -0.2) is 8.42 Å². The largest absolute Gasteiger partial charge is 0.340 e. The molecule has 25 heavy (non-hydrogen) atoms. The maximum absolute atomic E-state index is 12.8. The van der Waals surface area contributed by atoms with E-state index in [1.165, 1.54) is 4.31 Å². The summed E-state index contributed by atoms with van der Waals surface area (Å²) in [4.78, 5) is 14.6. The summed E-state index contributed by atoms with van der Waals surface area (Å²) >= 11 is 0. The average Bonchev–Trinajstić information content (AvgIpc) is 3.17. The minimum atomic E-state index is -3.48. The lowest BCUT2D eigenvalue weighted by Crippen LogP contribution is -2.52. The number of hydrogen-bond donors (Lipinski definition) is 1. The number of carbonyl (C=O) groups excluding carboxylic acids is 1. The zero-order valence-electron chi connectivity index (χ0n) is 14.8. The maximum Gasteiger partial charge on any atom is 0.243 e. The highest BCUT2D eigenvalue weighted by molar-refractivity contribution is 7.89. The number of nitrogens with zero attached hydrogens (tertiary/aromatic N) is 2. The van der Waals surface area contributed by atoms with Gasteiger partial charge < -0.3 is 10.2 Å². The van der Waals surface area contributed by atoms with Crippen LogP contribution in [0.5, 0.6) is 0 Å². The molecule has 0 aromatic heterocycles. The Hall–Kier alpha value is -1.44. The molecule has 2 aliphatic rings. The summed E-state index contributed by atoms with van der Waals surface area (Å²) in [7, 11) is -3.48. The van der Waals surface area contributed by atoms with Crippen molar-refractivity contribution in [2.45, 2.75) is 31.1 Å². The van der Waals surface area contributed by atoms with Gasteiger partial charge >= 0.3 is 0 Å². The van der Waals surface area contributed by atoms with E-state index in [4.69, 9.17) is 0 Å². The quantitative estimate of drug-likeness (QED) is 0.848. The topological polar surface area (TPSA) is 69.7 Å². The van der Waals surface area contributed by atoms with E-state index in [0.29, 0.717) is 31.1 Å². The van der Waals surface area contributed by atoms with Crippen LogP contribution in [0.15, 0.2) is 29.2 Å². The van der Waals surface area contributed by atoms with Crippen LogP contribution in [0, 0.1) is 5.92 Å². The van der Waals surface area contributed by atoms with Crippen LogP contribution in [0.1, 0.15) is 25.3 Å². The van der Waals surface area contributed by atoms with Gasteiger partial charge in [-0.2, -0.15) is 4.31 Å². The van der Waals surface area contributed by atoms with Crippen molar-refractivity contribution in [2.75, 3.05) is 39.3 Å². The molecule has 3 rings (SSSR count). The van der Waals surface area contributed by atoms with E-state index < -0.39 is 10.0 Å². The third-order valence-corrected chi connectivity index (χ3v) is 6.97. The molecule has 2 fully saturated rings. The third-order valence-electron chi connectivity index (χ3n) is 5.06. The highest BCUT2D eigenvalue weighted by Gasteiger charge is 2.33. The van der Waals surface area contributed by atoms with E-state index in [1.54, 1.807) is 12.1 Å². The Labute approximate surface area is 150 Å². The zero-order chi connectivity index (χ0) is 17.9. The Balaban J connectivity index is 1.61. The van der Waals surface area contributed by atoms with Gasteiger partial charge in [-0.1, -0.05) is 25.5 Å². The third kappa shape index (κ3) is 4.04. The summed E-state index contributed by atoms with van der Waals surface area (Å²) in [5.74, 6) is 0.209. The number of aryl methyl sites for hydroxylation is 1. The minimum Gasteiger partial charge on any atom is -0.340 e. The van der Waals surface area contributed by atoms with Gasteiger partial charge in [0.25, 0.3) is 0 Å². The first-order valence-electron chi connectivity index (χ1n) is 9.11. The molecule has 6 nitrogen and oxygen atoms in total. The summed E-state index contributed by atoms with van der Waals surface area (Å²) in [6.45, 7) is 5.41. The van der Waals surface area contributed by atoms with E-state index in [1.807, 2.05) is 17.0 Å². The fraction of sp³-hybridized carbons (Fsp3) is 0.611. The van der Waals surface area contributed by atoms with Crippen LogP contribution in [-0.4, -0.2) is 62.8 Å². The molecule has 0 radical (unpaired) electrons. The van der Waals surface area contributed by atoms with Gasteiger partial charge in [0, 0.05) is 32.7 Å². The molecule has 138 valence electrons. The normalized spacial score (nSPS) is 22.3. The van der Waals surface area contributed by atoms with Crippen molar-refractivity contribution in [3.63, 3.8) is 0 Å². The first-order chi connectivity index (χ1) is 12.0. The molecule has 0 saturated carbocycles. The number of piperazine rings is 1. The van der Waals surface area contributed by atoms with Crippen molar-refractivity contribution in [2.24, 2.45) is 5.92 Å². The molecule has 1 aromatic carbocycles. The smallest absolute Gasteiger partial charge is 0.243 e. The van der Waals surface area contributed by atoms with E-state index in [2.05, 4.69) is 12.2 Å². The van der Waals surface area contributed by atoms with Gasteiger partial charge in [-0.3, -0.25) is 4.79 Å². The van der Waals surface area contributed by atoms with Crippen LogP contribution < -0.4 is 5.32 Å². The van der Waals surface area contributed by atoms with Gasteiger partial charge in [0.2, 0.25) is 15.9 Å². The summed E-state index contributed by atoms with van der Waals surface area (Å²) in [5, 5.41) is 3.21. The molecule has 0 bridgehead atoms. The molecule has 1 amide bonds. The predicted molar refractivity (Wildman–Crippen MR) is 96.8 cm³/mol. The van der Waals surface area contributed by atoms with Crippen molar-refractivity contribution >= 4 is 15.9 Å². The maximum atomic E-state index is 12.8. The van der Waals surface area contributed by atoms with Crippen molar-refractivity contribution in [1.29, 1.82) is 0 Å². The van der Waals surface area contributed by atoms with E-state index in [9.17, 15) is 13.2 Å². The molecule has 2 heterocycles. The van der Waals surface area contributed by atoms with E-state index in [-0.39, 0.29) is 11.8 Å². The molecule has 7 heteroatoms. The Morgan fingerprint density at radius 1 is 1.16 bits per heavy atom. The van der Waals surface area contributed by atoms with Crippen molar-refractivity contribution < 1.29 is 13.2 Å². The fourth-order valence-corrected chi connectivity index (χ4v) is 4.96. The summed E-state index contributed by atoms with van der Waals surface area (Å²) in [5.41, 5.74) is 1.15. The van der Waals surface area contributed by atoms with Gasteiger partial charge in [0.05, 0.1) is 10.8 Å². The molecular formula is C18H27N3O3S. The number of sulfonamides is 1. The van der Waals surface area contributed by atoms with Gasteiger partial charge in [-0.05, 0) is 37.1 Å². The van der Waals surface area contributed by atoms with Crippen molar-refractivity contribution in [3.05, 3.63) is 29.8 Å². The number of benzene rings is 1. The lowest BCUT2D eigenvalue weighted by Gasteiger charge is -2.35. The molecule has 2 saturated heterocycles. The first kappa shape index (κ1) is 18.4. The lowest BCUT2D eigenvalue weighted by atomic mass is 10.1. The van der Waals surface area contributed by atoms with Crippen LogP contribution in [-0.2, 0) is 21.2 Å². The SMILES string of the molecule is CCCc1ccc(S(=O)(=O)N2CCN(C(=O)C3CCNC3)CC2)cc1. The standard InChI is InChI=1S/C18H27N3O3S/c1-2-3-15-4-6-17(7-5-15)25(23,24)21-12-10-20(11-13-21)18(22)16-8-9-19-14-16/h4-7,16,19H,2-3,8-14H2,1H3. The summed E-state index contributed by atoms with van der Waals surface area (Å²) in [6.07, 6.45) is 2.87. The highest BCUT2D eigenvalue weighted by atomic mass is 32.2. The number of rotatable bonds is 5. The number of nitrogens with one attached hydrogen (secondary N) is 1. The molecule has 0 aliphatic carbocycles. The fourth-order valence-electron chi connectivity index (χ4n) is 3.54. The highest BCUT2D eigenvalue weighted by Crippen LogP contribution is 2.20. The van der Waals surface area contributed by atoms with E-state index >= 15 is 0 Å². The molecule has 2 aliphatic heterocycles. The number of hydrogen-bond acceptors (Lipinski definition) is 4. The molecule has 1 N–H and O–H groups in total. The molecular weight excluding hydrogens is 338 g/mol. The lowest BCUT2D eigenvalue weighted by molar-refractivity contribution is -0.136. The van der Waals surface area contributed by atoms with Crippen LogP contribution in [0.25, 0.3) is 0 Å². The molecule has 1 atom stereocenters. The minimum absolute atomic E-state index is 0.0502. The van der Waals surface area contributed by atoms with Crippen molar-refractivity contribution in [1.82, 2.24) is 14.5 Å². The number of carbonyl (C=O) groups is 1. The van der Waals surface area contributed by atoms with Crippen LogP contribution in [0.3, 0.4) is 0 Å². The van der Waals surface area contributed by atoms with Crippen LogP contribution >= 0.6 is 0 Å². The van der Waals surface area contributed by atoms with E-state index in [0.717, 1.165) is 37.9 Å². The van der Waals surface area contributed by atoms with Crippen molar-refractivity contribution in [3.8, 4) is 0 Å². The Morgan fingerprint density at radius 3 is 2.40 bits per heavy atom. The van der Waals surface area contributed by atoms with Crippen LogP contribution in [0.4, 0.5) is 0 Å². The van der Waals surface area contributed by atoms with Gasteiger partial charge in [0.15, 0.2) is 0 Å². The number of amides is 1.